The van der Waals surface area contributed by atoms with Gasteiger partial charge in [0.05, 0.1) is 23.3 Å². The number of hydrogen-bond acceptors (Lipinski definition) is 2. The highest BCUT2D eigenvalue weighted by molar-refractivity contribution is 5.84. The predicted octanol–water partition coefficient (Wildman–Crippen LogP) is 8.05. The molecule has 0 atom stereocenters. The molecule has 0 saturated heterocycles. The summed E-state index contributed by atoms with van der Waals surface area (Å²) >= 11 is 0. The standard InChI is InChI=1S/C32H24N2/c1-23-3-15-29(16-4-23)32-20-30(17-13-25-5-9-27(21-33)10-6-25)24(2)19-31(32)18-14-26-7-11-28(22-34)12-8-26/h3-20H,1-2H3/b17-13+,18-14+. The molecule has 162 valence electrons. The average Bonchev–Trinajstić information content (AvgIpc) is 2.88. The Balaban J connectivity index is 1.73. The van der Waals surface area contributed by atoms with Gasteiger partial charge in [-0.3, -0.25) is 0 Å². The Morgan fingerprint density at radius 3 is 1.56 bits per heavy atom. The molecule has 0 unspecified atom stereocenters. The molecule has 4 rings (SSSR count). The van der Waals surface area contributed by atoms with E-state index in [1.807, 2.05) is 48.5 Å². The molecule has 0 radical (unpaired) electrons. The van der Waals surface area contributed by atoms with E-state index >= 15 is 0 Å². The third-order valence-corrected chi connectivity index (χ3v) is 5.79. The van der Waals surface area contributed by atoms with E-state index in [-0.39, 0.29) is 0 Å². The van der Waals surface area contributed by atoms with Crippen molar-refractivity contribution >= 4 is 24.3 Å². The highest BCUT2D eigenvalue weighted by atomic mass is 14.2. The normalized spacial score (nSPS) is 10.9. The molecule has 0 aliphatic carbocycles. The number of nitrogens with zero attached hydrogens (tertiary/aromatic N) is 2. The molecule has 0 aromatic heterocycles. The monoisotopic (exact) mass is 436 g/mol. The first-order valence-corrected chi connectivity index (χ1v) is 11.1. The summed E-state index contributed by atoms with van der Waals surface area (Å²) in [5.74, 6) is 0. The summed E-state index contributed by atoms with van der Waals surface area (Å²) in [6.45, 7) is 4.22. The number of rotatable bonds is 5. The van der Waals surface area contributed by atoms with E-state index in [2.05, 4.69) is 86.7 Å². The molecule has 0 fully saturated rings. The van der Waals surface area contributed by atoms with Gasteiger partial charge in [-0.05, 0) is 83.1 Å². The Bertz CT molecular complexity index is 1440. The van der Waals surface area contributed by atoms with Gasteiger partial charge in [0, 0.05) is 0 Å². The molecule has 0 aliphatic rings. The number of benzene rings is 4. The lowest BCUT2D eigenvalue weighted by Crippen LogP contribution is -1.90. The van der Waals surface area contributed by atoms with E-state index < -0.39 is 0 Å². The number of aryl methyl sites for hydroxylation is 2. The molecule has 4 aromatic rings. The summed E-state index contributed by atoms with van der Waals surface area (Å²) in [6, 6.07) is 32.5. The van der Waals surface area contributed by atoms with Crippen molar-refractivity contribution in [3.05, 3.63) is 129 Å². The largest absolute Gasteiger partial charge is 0.192 e. The van der Waals surface area contributed by atoms with E-state index in [0.717, 1.165) is 33.4 Å². The first-order valence-electron chi connectivity index (χ1n) is 11.1. The lowest BCUT2D eigenvalue weighted by molar-refractivity contribution is 1.42. The molecule has 2 heteroatoms. The average molecular weight is 437 g/mol. The molecular formula is C32H24N2. The lowest BCUT2D eigenvalue weighted by atomic mass is 9.92. The molecule has 4 aromatic carbocycles. The van der Waals surface area contributed by atoms with Crippen LogP contribution < -0.4 is 0 Å². The summed E-state index contributed by atoms with van der Waals surface area (Å²) in [7, 11) is 0. The Labute approximate surface area is 201 Å². The van der Waals surface area contributed by atoms with Gasteiger partial charge in [-0.15, -0.1) is 0 Å². The van der Waals surface area contributed by atoms with Crippen LogP contribution in [0.2, 0.25) is 0 Å². The van der Waals surface area contributed by atoms with Crippen molar-refractivity contribution in [3.8, 4) is 23.3 Å². The van der Waals surface area contributed by atoms with E-state index in [1.165, 1.54) is 11.1 Å². The highest BCUT2D eigenvalue weighted by Crippen LogP contribution is 2.30. The highest BCUT2D eigenvalue weighted by Gasteiger charge is 2.07. The quantitative estimate of drug-likeness (QED) is 0.297. The Hall–Kier alpha value is -4.66. The fraction of sp³-hybridized carbons (Fsp3) is 0.0625. The van der Waals surface area contributed by atoms with Crippen LogP contribution in [-0.4, -0.2) is 0 Å². The molecule has 0 spiro atoms. The van der Waals surface area contributed by atoms with E-state index in [0.29, 0.717) is 11.1 Å². The molecule has 0 heterocycles. The van der Waals surface area contributed by atoms with Crippen LogP contribution in [-0.2, 0) is 0 Å². The molecule has 0 amide bonds. The van der Waals surface area contributed by atoms with Crippen LogP contribution in [0.15, 0.2) is 84.9 Å². The van der Waals surface area contributed by atoms with Crippen LogP contribution in [0.3, 0.4) is 0 Å². The molecule has 0 bridgehead atoms. The van der Waals surface area contributed by atoms with Gasteiger partial charge in [-0.25, -0.2) is 0 Å². The zero-order valence-corrected chi connectivity index (χ0v) is 19.3. The van der Waals surface area contributed by atoms with Gasteiger partial charge in [-0.2, -0.15) is 10.5 Å². The predicted molar refractivity (Wildman–Crippen MR) is 142 cm³/mol. The smallest absolute Gasteiger partial charge is 0.0991 e. The minimum atomic E-state index is 0.659. The van der Waals surface area contributed by atoms with Crippen LogP contribution in [0.5, 0.6) is 0 Å². The van der Waals surface area contributed by atoms with Crippen molar-refractivity contribution in [1.82, 2.24) is 0 Å². The van der Waals surface area contributed by atoms with E-state index in [9.17, 15) is 0 Å². The molecule has 0 saturated carbocycles. The van der Waals surface area contributed by atoms with Crippen LogP contribution in [0.25, 0.3) is 35.4 Å². The summed E-state index contributed by atoms with van der Waals surface area (Å²) in [4.78, 5) is 0. The maximum Gasteiger partial charge on any atom is 0.0991 e. The molecular weight excluding hydrogens is 412 g/mol. The van der Waals surface area contributed by atoms with Crippen molar-refractivity contribution in [1.29, 1.82) is 10.5 Å². The summed E-state index contributed by atoms with van der Waals surface area (Å²) < 4.78 is 0. The van der Waals surface area contributed by atoms with Crippen LogP contribution in [0.1, 0.15) is 44.5 Å². The zero-order valence-electron chi connectivity index (χ0n) is 19.3. The molecule has 0 aliphatic heterocycles. The second-order valence-corrected chi connectivity index (χ2v) is 8.30. The Morgan fingerprint density at radius 2 is 1.06 bits per heavy atom. The van der Waals surface area contributed by atoms with Gasteiger partial charge in [-0.1, -0.05) is 84.5 Å². The summed E-state index contributed by atoms with van der Waals surface area (Å²) in [6.07, 6.45) is 8.43. The second-order valence-electron chi connectivity index (χ2n) is 8.30. The summed E-state index contributed by atoms with van der Waals surface area (Å²) in [5, 5.41) is 18.0. The topological polar surface area (TPSA) is 47.6 Å². The van der Waals surface area contributed by atoms with Crippen LogP contribution in [0, 0.1) is 36.5 Å². The third-order valence-electron chi connectivity index (χ3n) is 5.79. The van der Waals surface area contributed by atoms with Crippen LogP contribution in [0.4, 0.5) is 0 Å². The molecule has 2 nitrogen and oxygen atoms in total. The fourth-order valence-corrected chi connectivity index (χ4v) is 3.76. The number of hydrogen-bond donors (Lipinski definition) is 0. The minimum absolute atomic E-state index is 0.659. The van der Waals surface area contributed by atoms with Gasteiger partial charge >= 0.3 is 0 Å². The maximum atomic E-state index is 9.03. The first kappa shape index (κ1) is 22.5. The molecule has 34 heavy (non-hydrogen) atoms. The van der Waals surface area contributed by atoms with Crippen molar-refractivity contribution in [2.45, 2.75) is 13.8 Å². The van der Waals surface area contributed by atoms with E-state index in [1.54, 1.807) is 0 Å². The van der Waals surface area contributed by atoms with Crippen molar-refractivity contribution in [2.75, 3.05) is 0 Å². The maximum absolute atomic E-state index is 9.03. The van der Waals surface area contributed by atoms with Gasteiger partial charge in [0.15, 0.2) is 0 Å². The van der Waals surface area contributed by atoms with Crippen molar-refractivity contribution in [3.63, 3.8) is 0 Å². The first-order chi connectivity index (χ1) is 16.6. The van der Waals surface area contributed by atoms with Gasteiger partial charge in [0.1, 0.15) is 0 Å². The van der Waals surface area contributed by atoms with Crippen molar-refractivity contribution in [2.24, 2.45) is 0 Å². The second kappa shape index (κ2) is 10.3. The molecule has 0 N–H and O–H groups in total. The van der Waals surface area contributed by atoms with Gasteiger partial charge in [0.2, 0.25) is 0 Å². The minimum Gasteiger partial charge on any atom is -0.192 e. The zero-order chi connectivity index (χ0) is 23.9. The third kappa shape index (κ3) is 5.39. The Kier molecular flexibility index (Phi) is 6.83. The van der Waals surface area contributed by atoms with Gasteiger partial charge in [0.25, 0.3) is 0 Å². The fourth-order valence-electron chi connectivity index (χ4n) is 3.76. The lowest BCUT2D eigenvalue weighted by Gasteiger charge is -2.12. The van der Waals surface area contributed by atoms with Gasteiger partial charge < -0.3 is 0 Å². The summed E-state index contributed by atoms with van der Waals surface area (Å²) in [5.41, 5.74) is 10.5. The van der Waals surface area contributed by atoms with Crippen molar-refractivity contribution < 1.29 is 0 Å². The SMILES string of the molecule is Cc1ccc(-c2cc(/C=C/c3ccc(C#N)cc3)c(C)cc2/C=C/c2ccc(C#N)cc2)cc1. The van der Waals surface area contributed by atoms with E-state index in [4.69, 9.17) is 10.5 Å². The van der Waals surface area contributed by atoms with Crippen LogP contribution >= 0.6 is 0 Å². The number of nitriles is 2. The Morgan fingerprint density at radius 1 is 0.559 bits per heavy atom.